The van der Waals surface area contributed by atoms with Crippen molar-refractivity contribution >= 4 is 5.96 Å². The van der Waals surface area contributed by atoms with E-state index in [9.17, 15) is 0 Å². The molecule has 0 aromatic heterocycles. The third-order valence-electron chi connectivity index (χ3n) is 6.15. The largest absolute Gasteiger partial charge is 0.496 e. The van der Waals surface area contributed by atoms with E-state index in [-0.39, 0.29) is 6.04 Å². The molecule has 2 unspecified atom stereocenters. The Hall–Kier alpha value is -1.83. The number of hydrogen-bond acceptors (Lipinski definition) is 5. The number of nitrogens with one attached hydrogen (secondary N) is 2. The summed E-state index contributed by atoms with van der Waals surface area (Å²) in [6, 6.07) is 8.62. The predicted octanol–water partition coefficient (Wildman–Crippen LogP) is 2.83. The van der Waals surface area contributed by atoms with Gasteiger partial charge in [-0.15, -0.1) is 0 Å². The van der Waals surface area contributed by atoms with Gasteiger partial charge in [0.25, 0.3) is 0 Å². The van der Waals surface area contributed by atoms with Gasteiger partial charge in [0.1, 0.15) is 5.75 Å². The fraction of sp³-hybridized carbons (Fsp3) is 0.708. The number of methoxy groups -OCH3 is 1. The maximum Gasteiger partial charge on any atom is 0.191 e. The molecule has 2 saturated heterocycles. The SMILES string of the molecule is CN=C(NCCCOCC1CCOC1)NCC(c1ccccc1OC)N1CCCCC1. The number of nitrogens with zero attached hydrogens (tertiary/aromatic N) is 2. The minimum atomic E-state index is 0.256. The lowest BCUT2D eigenvalue weighted by atomic mass is 10.0. The highest BCUT2D eigenvalue weighted by molar-refractivity contribution is 5.79. The summed E-state index contributed by atoms with van der Waals surface area (Å²) in [6.07, 6.45) is 5.91. The number of ether oxygens (including phenoxy) is 3. The van der Waals surface area contributed by atoms with Gasteiger partial charge in [0, 0.05) is 44.8 Å². The molecule has 7 nitrogen and oxygen atoms in total. The van der Waals surface area contributed by atoms with Crippen LogP contribution >= 0.6 is 0 Å². The zero-order chi connectivity index (χ0) is 21.7. The molecule has 2 aliphatic heterocycles. The summed E-state index contributed by atoms with van der Waals surface area (Å²) in [4.78, 5) is 6.98. The molecule has 0 radical (unpaired) electrons. The van der Waals surface area contributed by atoms with E-state index >= 15 is 0 Å². The molecule has 0 spiro atoms. The van der Waals surface area contributed by atoms with Crippen molar-refractivity contribution in [3.05, 3.63) is 29.8 Å². The Morgan fingerprint density at radius 3 is 2.81 bits per heavy atom. The van der Waals surface area contributed by atoms with Crippen molar-refractivity contribution in [3.8, 4) is 5.75 Å². The number of hydrogen-bond donors (Lipinski definition) is 2. The second-order valence-electron chi connectivity index (χ2n) is 8.39. The fourth-order valence-corrected chi connectivity index (χ4v) is 4.37. The molecule has 174 valence electrons. The van der Waals surface area contributed by atoms with Crippen molar-refractivity contribution in [1.82, 2.24) is 15.5 Å². The molecule has 2 fully saturated rings. The van der Waals surface area contributed by atoms with Gasteiger partial charge < -0.3 is 24.8 Å². The van der Waals surface area contributed by atoms with E-state index in [0.717, 1.165) is 77.2 Å². The Bertz CT molecular complexity index is 658. The van der Waals surface area contributed by atoms with E-state index in [1.165, 1.54) is 24.8 Å². The van der Waals surface area contributed by atoms with Crippen LogP contribution in [0.5, 0.6) is 5.75 Å². The van der Waals surface area contributed by atoms with Crippen LogP contribution in [0.4, 0.5) is 0 Å². The second kappa shape index (κ2) is 13.6. The summed E-state index contributed by atoms with van der Waals surface area (Å²) in [7, 11) is 3.58. The number of benzene rings is 1. The number of piperidine rings is 1. The van der Waals surface area contributed by atoms with Gasteiger partial charge in [-0.25, -0.2) is 0 Å². The Labute approximate surface area is 187 Å². The summed E-state index contributed by atoms with van der Waals surface area (Å²) in [6.45, 7) is 7.17. The van der Waals surface area contributed by atoms with Crippen molar-refractivity contribution in [1.29, 1.82) is 0 Å². The Morgan fingerprint density at radius 2 is 2.06 bits per heavy atom. The maximum absolute atomic E-state index is 5.79. The third-order valence-corrected chi connectivity index (χ3v) is 6.15. The molecule has 1 aromatic carbocycles. The van der Waals surface area contributed by atoms with Crippen LogP contribution in [0, 0.1) is 5.92 Å². The van der Waals surface area contributed by atoms with Crippen LogP contribution in [0.3, 0.4) is 0 Å². The molecule has 31 heavy (non-hydrogen) atoms. The van der Waals surface area contributed by atoms with Crippen LogP contribution in [-0.4, -0.2) is 77.6 Å². The topological polar surface area (TPSA) is 67.4 Å². The van der Waals surface area contributed by atoms with Crippen molar-refractivity contribution in [2.24, 2.45) is 10.9 Å². The number of guanidine groups is 1. The normalized spacial score (nSPS) is 21.1. The van der Waals surface area contributed by atoms with E-state index in [0.29, 0.717) is 5.92 Å². The molecule has 0 aliphatic carbocycles. The quantitative estimate of drug-likeness (QED) is 0.318. The van der Waals surface area contributed by atoms with E-state index < -0.39 is 0 Å². The first-order valence-corrected chi connectivity index (χ1v) is 11.8. The van der Waals surface area contributed by atoms with Gasteiger partial charge in [0.15, 0.2) is 5.96 Å². The molecular weight excluding hydrogens is 392 g/mol. The lowest BCUT2D eigenvalue weighted by Gasteiger charge is -2.35. The molecule has 0 amide bonds. The summed E-state index contributed by atoms with van der Waals surface area (Å²) < 4.78 is 16.9. The number of para-hydroxylation sites is 1. The molecule has 0 saturated carbocycles. The Kier molecular flexibility index (Phi) is 10.4. The summed E-state index contributed by atoms with van der Waals surface area (Å²) in [5, 5.41) is 6.96. The van der Waals surface area contributed by atoms with Crippen molar-refractivity contribution in [2.75, 3.05) is 66.8 Å². The molecule has 2 aliphatic rings. The van der Waals surface area contributed by atoms with Crippen LogP contribution in [0.2, 0.25) is 0 Å². The molecule has 7 heteroatoms. The minimum absolute atomic E-state index is 0.256. The monoisotopic (exact) mass is 432 g/mol. The van der Waals surface area contributed by atoms with Crippen LogP contribution < -0.4 is 15.4 Å². The number of likely N-dealkylation sites (tertiary alicyclic amines) is 1. The molecule has 2 heterocycles. The van der Waals surface area contributed by atoms with E-state index in [2.05, 4.69) is 38.7 Å². The first kappa shape index (κ1) is 23.8. The maximum atomic E-state index is 5.79. The van der Waals surface area contributed by atoms with Gasteiger partial charge in [-0.1, -0.05) is 24.6 Å². The van der Waals surface area contributed by atoms with Gasteiger partial charge in [0.2, 0.25) is 0 Å². The van der Waals surface area contributed by atoms with Crippen molar-refractivity contribution in [2.45, 2.75) is 38.1 Å². The van der Waals surface area contributed by atoms with Gasteiger partial charge >= 0.3 is 0 Å². The van der Waals surface area contributed by atoms with Gasteiger partial charge in [-0.3, -0.25) is 9.89 Å². The predicted molar refractivity (Wildman–Crippen MR) is 125 cm³/mol. The summed E-state index contributed by atoms with van der Waals surface area (Å²) in [5.74, 6) is 2.36. The van der Waals surface area contributed by atoms with Crippen LogP contribution in [0.1, 0.15) is 43.7 Å². The van der Waals surface area contributed by atoms with Gasteiger partial charge in [-0.05, 0) is 44.8 Å². The Morgan fingerprint density at radius 1 is 1.23 bits per heavy atom. The minimum Gasteiger partial charge on any atom is -0.496 e. The van der Waals surface area contributed by atoms with Crippen LogP contribution in [-0.2, 0) is 9.47 Å². The molecule has 3 rings (SSSR count). The molecule has 1 aromatic rings. The van der Waals surface area contributed by atoms with Crippen LogP contribution in [0.25, 0.3) is 0 Å². The van der Waals surface area contributed by atoms with E-state index in [1.807, 2.05) is 13.1 Å². The number of rotatable bonds is 11. The average molecular weight is 433 g/mol. The fourth-order valence-electron chi connectivity index (χ4n) is 4.37. The molecule has 2 N–H and O–H groups in total. The third kappa shape index (κ3) is 7.66. The van der Waals surface area contributed by atoms with E-state index in [4.69, 9.17) is 14.2 Å². The lowest BCUT2D eigenvalue weighted by molar-refractivity contribution is 0.0888. The average Bonchev–Trinajstić information content (AvgIpc) is 3.34. The highest BCUT2D eigenvalue weighted by Crippen LogP contribution is 2.30. The van der Waals surface area contributed by atoms with Crippen molar-refractivity contribution in [3.63, 3.8) is 0 Å². The standard InChI is InChI=1S/C24H40N4O3/c1-25-24(26-12-8-15-30-18-20-11-16-31-19-20)27-17-22(28-13-6-3-7-14-28)21-9-4-5-10-23(21)29-2/h4-5,9-10,20,22H,3,6-8,11-19H2,1-2H3,(H2,25,26,27). The summed E-state index contributed by atoms with van der Waals surface area (Å²) in [5.41, 5.74) is 1.24. The smallest absolute Gasteiger partial charge is 0.191 e. The number of aliphatic imine (C=N–C) groups is 1. The zero-order valence-electron chi connectivity index (χ0n) is 19.3. The lowest BCUT2D eigenvalue weighted by Crippen LogP contribution is -2.44. The van der Waals surface area contributed by atoms with E-state index in [1.54, 1.807) is 7.11 Å². The second-order valence-corrected chi connectivity index (χ2v) is 8.39. The highest BCUT2D eigenvalue weighted by atomic mass is 16.5. The summed E-state index contributed by atoms with van der Waals surface area (Å²) >= 11 is 0. The van der Waals surface area contributed by atoms with Crippen molar-refractivity contribution < 1.29 is 14.2 Å². The highest BCUT2D eigenvalue weighted by Gasteiger charge is 2.25. The molecule has 0 bridgehead atoms. The van der Waals surface area contributed by atoms with Crippen LogP contribution in [0.15, 0.2) is 29.3 Å². The molecule has 2 atom stereocenters. The zero-order valence-corrected chi connectivity index (χ0v) is 19.3. The first-order chi connectivity index (χ1) is 15.3. The first-order valence-electron chi connectivity index (χ1n) is 11.8. The Balaban J connectivity index is 1.46. The van der Waals surface area contributed by atoms with Gasteiger partial charge in [-0.2, -0.15) is 0 Å². The van der Waals surface area contributed by atoms with Gasteiger partial charge in [0.05, 0.1) is 26.4 Å². The molecular formula is C24H40N4O3.